The number of rotatable bonds is 14. The Kier molecular flexibility index (Phi) is 13.3. The second kappa shape index (κ2) is 16.9. The molecular formula is C38H52BN. The fraction of sp³-hybridized carbons (Fsp3) is 0.368. The number of hydrogen-bond donors (Lipinski definition) is 0. The molecule has 0 aliphatic carbocycles. The largest absolute Gasteiger partial charge is 0.324 e. The number of nitrogens with zero attached hydrogens (tertiary/aromatic N) is 1. The zero-order valence-electron chi connectivity index (χ0n) is 25.6. The minimum atomic E-state index is -1.22. The lowest BCUT2D eigenvalue weighted by molar-refractivity contribution is -0.927. The molecule has 0 atom stereocenters. The molecule has 4 aromatic rings. The summed E-state index contributed by atoms with van der Waals surface area (Å²) in [6.07, 6.45) is 7.03. The number of unbranched alkanes of at least 4 members (excludes halogenated alkanes) is 3. The summed E-state index contributed by atoms with van der Waals surface area (Å²) in [5.41, 5.74) is 5.36. The first-order valence-electron chi connectivity index (χ1n) is 15.9. The highest BCUT2D eigenvalue weighted by Gasteiger charge is 2.31. The Bertz CT molecular complexity index is 990. The second-order valence-electron chi connectivity index (χ2n) is 11.4. The summed E-state index contributed by atoms with van der Waals surface area (Å²) in [6.45, 7) is 14.9. The minimum Gasteiger partial charge on any atom is -0.324 e. The molecule has 0 heterocycles. The van der Waals surface area contributed by atoms with Gasteiger partial charge in [-0.2, -0.15) is 21.9 Å². The second-order valence-corrected chi connectivity index (χ2v) is 11.4. The van der Waals surface area contributed by atoms with Crippen molar-refractivity contribution in [1.82, 2.24) is 0 Å². The normalized spacial score (nSPS) is 11.5. The van der Waals surface area contributed by atoms with E-state index in [0.717, 1.165) is 0 Å². The summed E-state index contributed by atoms with van der Waals surface area (Å²) >= 11 is 0. The van der Waals surface area contributed by atoms with E-state index in [1.165, 1.54) is 91.0 Å². The molecule has 40 heavy (non-hydrogen) atoms. The van der Waals surface area contributed by atoms with E-state index in [0.29, 0.717) is 0 Å². The monoisotopic (exact) mass is 533 g/mol. The van der Waals surface area contributed by atoms with Gasteiger partial charge in [0.25, 0.3) is 0 Å². The van der Waals surface area contributed by atoms with Gasteiger partial charge in [0.15, 0.2) is 0 Å². The molecule has 2 heteroatoms. The first-order chi connectivity index (χ1) is 19.7. The van der Waals surface area contributed by atoms with Crippen LogP contribution in [0.25, 0.3) is 0 Å². The molecule has 0 aromatic heterocycles. The van der Waals surface area contributed by atoms with Gasteiger partial charge in [-0.15, -0.1) is 0 Å². The molecule has 0 N–H and O–H groups in total. The first-order valence-corrected chi connectivity index (χ1v) is 15.9. The van der Waals surface area contributed by atoms with E-state index in [2.05, 4.69) is 149 Å². The van der Waals surface area contributed by atoms with Crippen molar-refractivity contribution in [2.24, 2.45) is 0 Å². The van der Waals surface area contributed by atoms with Gasteiger partial charge in [-0.25, -0.2) is 0 Å². The van der Waals surface area contributed by atoms with Gasteiger partial charge in [-0.1, -0.05) is 161 Å². The zero-order chi connectivity index (χ0) is 28.5. The van der Waals surface area contributed by atoms with Gasteiger partial charge < -0.3 is 4.48 Å². The molecule has 4 aromatic carbocycles. The maximum absolute atomic E-state index is 2.38. The Hall–Kier alpha value is -3.10. The van der Waals surface area contributed by atoms with Crippen LogP contribution in [0.1, 0.15) is 66.2 Å². The van der Waals surface area contributed by atoms with Gasteiger partial charge >= 0.3 is 0 Å². The Morgan fingerprint density at radius 1 is 0.400 bits per heavy atom. The molecule has 4 rings (SSSR count). The smallest absolute Gasteiger partial charge is 0.108 e. The van der Waals surface area contributed by atoms with Crippen molar-refractivity contribution >= 4 is 28.0 Å². The Morgan fingerprint density at radius 3 is 0.850 bits per heavy atom. The summed E-state index contributed by atoms with van der Waals surface area (Å²) in [7, 11) is 0. The predicted octanol–water partition coefficient (Wildman–Crippen LogP) is 7.29. The Morgan fingerprint density at radius 2 is 0.650 bits per heavy atom. The highest BCUT2D eigenvalue weighted by molar-refractivity contribution is 7.19. The molecule has 0 bridgehead atoms. The molecule has 0 saturated heterocycles. The summed E-state index contributed by atoms with van der Waals surface area (Å²) in [5, 5.41) is 0. The number of quaternary nitrogens is 1. The molecule has 0 fully saturated rings. The number of hydrogen-bond acceptors (Lipinski definition) is 0. The number of benzene rings is 4. The third kappa shape index (κ3) is 7.98. The van der Waals surface area contributed by atoms with E-state index >= 15 is 0 Å². The maximum atomic E-state index is 2.38. The molecule has 0 aliphatic heterocycles. The van der Waals surface area contributed by atoms with Crippen molar-refractivity contribution in [3.63, 3.8) is 0 Å². The van der Waals surface area contributed by atoms with Crippen LogP contribution in [0.3, 0.4) is 0 Å². The van der Waals surface area contributed by atoms with Crippen LogP contribution >= 0.6 is 0 Å². The summed E-state index contributed by atoms with van der Waals surface area (Å²) in [4.78, 5) is 0. The van der Waals surface area contributed by atoms with E-state index in [9.17, 15) is 0 Å². The van der Waals surface area contributed by atoms with Crippen LogP contribution in [0.5, 0.6) is 0 Å². The predicted molar refractivity (Wildman–Crippen MR) is 180 cm³/mol. The lowest BCUT2D eigenvalue weighted by Gasteiger charge is -2.44. The quantitative estimate of drug-likeness (QED) is 0.118. The highest BCUT2D eigenvalue weighted by atomic mass is 15.3. The molecule has 0 radical (unpaired) electrons. The van der Waals surface area contributed by atoms with Gasteiger partial charge in [0.1, 0.15) is 6.15 Å². The van der Waals surface area contributed by atoms with Crippen molar-refractivity contribution in [3.05, 3.63) is 121 Å². The van der Waals surface area contributed by atoms with E-state index in [1.54, 1.807) is 0 Å². The van der Waals surface area contributed by atoms with E-state index in [1.807, 2.05) is 0 Å². The van der Waals surface area contributed by atoms with Gasteiger partial charge in [0.05, 0.1) is 26.2 Å². The van der Waals surface area contributed by atoms with Crippen LogP contribution in [0.15, 0.2) is 121 Å². The van der Waals surface area contributed by atoms with Gasteiger partial charge in [0, 0.05) is 0 Å². The fourth-order valence-electron chi connectivity index (χ4n) is 6.41. The highest BCUT2D eigenvalue weighted by Crippen LogP contribution is 2.14. The Labute approximate surface area is 245 Å². The summed E-state index contributed by atoms with van der Waals surface area (Å²) in [6, 6.07) is 43.5. The van der Waals surface area contributed by atoms with E-state index < -0.39 is 6.15 Å². The molecule has 212 valence electrons. The van der Waals surface area contributed by atoms with Crippen LogP contribution in [0, 0.1) is 0 Å². The van der Waals surface area contributed by atoms with Gasteiger partial charge in [0.2, 0.25) is 0 Å². The fourth-order valence-corrected chi connectivity index (χ4v) is 6.41. The minimum absolute atomic E-state index is 1.22. The van der Waals surface area contributed by atoms with Crippen molar-refractivity contribution in [1.29, 1.82) is 0 Å². The van der Waals surface area contributed by atoms with E-state index in [-0.39, 0.29) is 0 Å². The van der Waals surface area contributed by atoms with Crippen molar-refractivity contribution in [2.45, 2.75) is 66.2 Å². The third-order valence-corrected chi connectivity index (χ3v) is 8.83. The topological polar surface area (TPSA) is 0 Å². The third-order valence-electron chi connectivity index (χ3n) is 8.83. The first kappa shape index (κ1) is 31.4. The molecular weight excluding hydrogens is 481 g/mol. The van der Waals surface area contributed by atoms with Crippen LogP contribution < -0.4 is 21.9 Å². The summed E-state index contributed by atoms with van der Waals surface area (Å²) in [5.74, 6) is 0. The van der Waals surface area contributed by atoms with Crippen molar-refractivity contribution in [3.8, 4) is 0 Å². The van der Waals surface area contributed by atoms with Crippen molar-refractivity contribution in [2.75, 3.05) is 26.2 Å². The van der Waals surface area contributed by atoms with Crippen LogP contribution in [0.2, 0.25) is 0 Å². The van der Waals surface area contributed by atoms with Crippen LogP contribution in [0.4, 0.5) is 0 Å². The maximum Gasteiger partial charge on any atom is 0.108 e. The standard InChI is InChI=1S/C24H20B.C14H32N/c1-5-13-21(14-6-1)25(22-15-7-2-8-16-22,23-17-9-3-10-18-23)24-19-11-4-12-20-24;1-5-9-12-15(8-4,13-10-6-2)14-11-7-3/h1-20H;5-14H2,1-4H3/q-1;+1. The van der Waals surface area contributed by atoms with Crippen molar-refractivity contribution < 1.29 is 4.48 Å². The average Bonchev–Trinajstić information content (AvgIpc) is 3.04. The van der Waals surface area contributed by atoms with Crippen LogP contribution in [-0.2, 0) is 0 Å². The van der Waals surface area contributed by atoms with Crippen LogP contribution in [-0.4, -0.2) is 36.8 Å². The molecule has 0 unspecified atom stereocenters. The lowest BCUT2D eigenvalue weighted by atomic mass is 9.13. The average molecular weight is 534 g/mol. The summed E-state index contributed by atoms with van der Waals surface area (Å²) < 4.78 is 1.38. The molecule has 0 saturated carbocycles. The SMILES string of the molecule is CCCC[N+](CC)(CCCC)CCCC.c1ccc([B-](c2ccccc2)(c2ccccc2)c2ccccc2)cc1. The van der Waals surface area contributed by atoms with E-state index in [4.69, 9.17) is 0 Å². The van der Waals surface area contributed by atoms with Gasteiger partial charge in [-0.3, -0.25) is 0 Å². The molecule has 0 amide bonds. The van der Waals surface area contributed by atoms with Gasteiger partial charge in [-0.05, 0) is 26.2 Å². The Balaban J connectivity index is 0.000000255. The molecule has 0 spiro atoms. The molecule has 1 nitrogen and oxygen atoms in total. The molecule has 0 aliphatic rings. The lowest BCUT2D eigenvalue weighted by Crippen LogP contribution is -2.74. The zero-order valence-corrected chi connectivity index (χ0v) is 25.6.